The largest absolute Gasteiger partial charge is 0.481 e. The summed E-state index contributed by atoms with van der Waals surface area (Å²) < 4.78 is 32.0. The lowest BCUT2D eigenvalue weighted by atomic mass is 9.98. The van der Waals surface area contributed by atoms with Gasteiger partial charge < -0.3 is 15.2 Å². The summed E-state index contributed by atoms with van der Waals surface area (Å²) in [5, 5.41) is 11.6. The molecule has 3 atom stereocenters. The van der Waals surface area contributed by atoms with Crippen LogP contribution in [0.2, 0.25) is 0 Å². The average molecular weight is 327 g/mol. The topological polar surface area (TPSA) is 75.6 Å². The summed E-state index contributed by atoms with van der Waals surface area (Å²) >= 11 is 0. The molecule has 2 rings (SSSR count). The van der Waals surface area contributed by atoms with Gasteiger partial charge in [-0.1, -0.05) is 12.1 Å². The van der Waals surface area contributed by atoms with Crippen molar-refractivity contribution in [3.63, 3.8) is 0 Å². The van der Waals surface area contributed by atoms with Gasteiger partial charge in [-0.05, 0) is 30.9 Å². The second-order valence-corrected chi connectivity index (χ2v) is 6.15. The van der Waals surface area contributed by atoms with Gasteiger partial charge in [-0.15, -0.1) is 0 Å². The highest BCUT2D eigenvalue weighted by Gasteiger charge is 2.47. The predicted octanol–water partition coefficient (Wildman–Crippen LogP) is 2.06. The SMILES string of the molecule is COCC(C)(CC(=O)O)NC(=O)C1CC1c1cccc(F)c1F. The van der Waals surface area contributed by atoms with Crippen LogP contribution in [-0.4, -0.2) is 36.2 Å². The summed E-state index contributed by atoms with van der Waals surface area (Å²) in [6.07, 6.45) is 0.112. The standard InChI is InChI=1S/C16H19F2NO4/c1-16(8-23-2,7-13(20)21)19-15(22)11-6-10(11)9-4-3-5-12(17)14(9)18/h3-5,10-11H,6-8H2,1-2H3,(H,19,22)(H,20,21). The van der Waals surface area contributed by atoms with Gasteiger partial charge in [0.2, 0.25) is 5.91 Å². The number of halogens is 2. The zero-order chi connectivity index (χ0) is 17.2. The first kappa shape index (κ1) is 17.3. The molecule has 0 saturated heterocycles. The fraction of sp³-hybridized carbons (Fsp3) is 0.500. The van der Waals surface area contributed by atoms with E-state index in [0.717, 1.165) is 6.07 Å². The number of methoxy groups -OCH3 is 1. The van der Waals surface area contributed by atoms with Crippen LogP contribution in [0.5, 0.6) is 0 Å². The number of carboxylic acids is 1. The van der Waals surface area contributed by atoms with Gasteiger partial charge in [0.25, 0.3) is 0 Å². The third-order valence-electron chi connectivity index (χ3n) is 3.94. The Hall–Kier alpha value is -2.02. The number of nitrogens with one attached hydrogen (secondary N) is 1. The minimum atomic E-state index is -1.06. The van der Waals surface area contributed by atoms with Crippen molar-refractivity contribution in [2.45, 2.75) is 31.2 Å². The Morgan fingerprint density at radius 2 is 2.13 bits per heavy atom. The lowest BCUT2D eigenvalue weighted by molar-refractivity contribution is -0.139. The van der Waals surface area contributed by atoms with E-state index in [1.165, 1.54) is 19.2 Å². The van der Waals surface area contributed by atoms with Gasteiger partial charge in [0.05, 0.1) is 18.6 Å². The van der Waals surface area contributed by atoms with Crippen LogP contribution in [0.3, 0.4) is 0 Å². The third kappa shape index (κ3) is 4.04. The molecule has 0 radical (unpaired) electrons. The molecule has 1 aliphatic rings. The molecule has 0 spiro atoms. The number of hydrogen-bond acceptors (Lipinski definition) is 3. The highest BCUT2D eigenvalue weighted by molar-refractivity contribution is 5.84. The van der Waals surface area contributed by atoms with Crippen molar-refractivity contribution in [3.05, 3.63) is 35.4 Å². The smallest absolute Gasteiger partial charge is 0.305 e. The normalized spacial score (nSPS) is 22.3. The summed E-state index contributed by atoms with van der Waals surface area (Å²) in [5.41, 5.74) is -0.873. The van der Waals surface area contributed by atoms with Gasteiger partial charge in [-0.2, -0.15) is 0 Å². The number of carboxylic acid groups (broad SMARTS) is 1. The number of hydrogen-bond donors (Lipinski definition) is 2. The minimum Gasteiger partial charge on any atom is -0.481 e. The highest BCUT2D eigenvalue weighted by atomic mass is 19.2. The zero-order valence-corrected chi connectivity index (χ0v) is 12.9. The molecule has 1 fully saturated rings. The van der Waals surface area contributed by atoms with E-state index in [0.29, 0.717) is 6.42 Å². The number of aliphatic carboxylic acids is 1. The van der Waals surface area contributed by atoms with E-state index in [2.05, 4.69) is 5.32 Å². The molecule has 126 valence electrons. The maximum absolute atomic E-state index is 13.8. The van der Waals surface area contributed by atoms with E-state index in [1.807, 2.05) is 0 Å². The second kappa shape index (κ2) is 6.62. The minimum absolute atomic E-state index is 0.0384. The first-order chi connectivity index (χ1) is 10.8. The summed E-state index contributed by atoms with van der Waals surface area (Å²) in [6.45, 7) is 1.61. The van der Waals surface area contributed by atoms with Crippen LogP contribution < -0.4 is 5.32 Å². The number of rotatable bonds is 7. The summed E-state index contributed by atoms with van der Waals surface area (Å²) in [5.74, 6) is -4.19. The van der Waals surface area contributed by atoms with E-state index in [-0.39, 0.29) is 30.4 Å². The van der Waals surface area contributed by atoms with Crippen LogP contribution >= 0.6 is 0 Å². The summed E-state index contributed by atoms with van der Waals surface area (Å²) in [6, 6.07) is 3.89. The van der Waals surface area contributed by atoms with Crippen molar-refractivity contribution in [1.82, 2.24) is 5.32 Å². The lowest BCUT2D eigenvalue weighted by Crippen LogP contribution is -2.51. The Bertz CT molecular complexity index is 622. The molecule has 5 nitrogen and oxygen atoms in total. The number of benzene rings is 1. The molecule has 2 N–H and O–H groups in total. The van der Waals surface area contributed by atoms with E-state index < -0.39 is 29.1 Å². The van der Waals surface area contributed by atoms with Crippen molar-refractivity contribution in [2.24, 2.45) is 5.92 Å². The van der Waals surface area contributed by atoms with Crippen LogP contribution in [0, 0.1) is 17.6 Å². The maximum atomic E-state index is 13.8. The zero-order valence-electron chi connectivity index (χ0n) is 12.9. The lowest BCUT2D eigenvalue weighted by Gasteiger charge is -2.28. The van der Waals surface area contributed by atoms with Crippen molar-refractivity contribution in [3.8, 4) is 0 Å². The fourth-order valence-corrected chi connectivity index (χ4v) is 2.81. The molecule has 1 saturated carbocycles. The molecule has 1 aromatic carbocycles. The molecule has 1 amide bonds. The Labute approximate surface area is 132 Å². The van der Waals surface area contributed by atoms with Crippen molar-refractivity contribution in [1.29, 1.82) is 0 Å². The molecule has 7 heteroatoms. The summed E-state index contributed by atoms with van der Waals surface area (Å²) in [7, 11) is 1.41. The molecule has 0 aromatic heterocycles. The van der Waals surface area contributed by atoms with Gasteiger partial charge in [-0.3, -0.25) is 9.59 Å². The molecular formula is C16H19F2NO4. The van der Waals surface area contributed by atoms with Crippen molar-refractivity contribution in [2.75, 3.05) is 13.7 Å². The van der Waals surface area contributed by atoms with Crippen molar-refractivity contribution >= 4 is 11.9 Å². The Balaban J connectivity index is 2.05. The second-order valence-electron chi connectivity index (χ2n) is 6.15. The van der Waals surface area contributed by atoms with Crippen LogP contribution in [0.1, 0.15) is 31.2 Å². The first-order valence-corrected chi connectivity index (χ1v) is 7.24. The number of ether oxygens (including phenoxy) is 1. The van der Waals surface area contributed by atoms with Crippen molar-refractivity contribution < 1.29 is 28.2 Å². The molecule has 1 aliphatic carbocycles. The first-order valence-electron chi connectivity index (χ1n) is 7.24. The van der Waals surface area contributed by atoms with Crippen LogP contribution in [0.25, 0.3) is 0 Å². The van der Waals surface area contributed by atoms with Gasteiger partial charge in [-0.25, -0.2) is 8.78 Å². The van der Waals surface area contributed by atoms with Crippen LogP contribution in [0.4, 0.5) is 8.78 Å². The Morgan fingerprint density at radius 1 is 1.43 bits per heavy atom. The van der Waals surface area contributed by atoms with E-state index >= 15 is 0 Å². The predicted molar refractivity (Wildman–Crippen MR) is 77.9 cm³/mol. The number of carbonyl (C=O) groups excluding carboxylic acids is 1. The number of amides is 1. The fourth-order valence-electron chi connectivity index (χ4n) is 2.81. The van der Waals surface area contributed by atoms with Crippen LogP contribution in [-0.2, 0) is 14.3 Å². The molecule has 0 heterocycles. The van der Waals surface area contributed by atoms with Gasteiger partial charge >= 0.3 is 5.97 Å². The average Bonchev–Trinajstić information content (AvgIpc) is 3.21. The maximum Gasteiger partial charge on any atom is 0.305 e. The van der Waals surface area contributed by atoms with Gasteiger partial charge in [0, 0.05) is 13.0 Å². The van der Waals surface area contributed by atoms with E-state index in [4.69, 9.17) is 9.84 Å². The molecule has 1 aromatic rings. The van der Waals surface area contributed by atoms with Gasteiger partial charge in [0.1, 0.15) is 0 Å². The quantitative estimate of drug-likeness (QED) is 0.804. The summed E-state index contributed by atoms with van der Waals surface area (Å²) in [4.78, 5) is 23.2. The molecule has 0 bridgehead atoms. The van der Waals surface area contributed by atoms with E-state index in [9.17, 15) is 18.4 Å². The van der Waals surface area contributed by atoms with Gasteiger partial charge in [0.15, 0.2) is 11.6 Å². The van der Waals surface area contributed by atoms with Crippen LogP contribution in [0.15, 0.2) is 18.2 Å². The Kier molecular flexibility index (Phi) is 4.99. The molecule has 0 aliphatic heterocycles. The third-order valence-corrected chi connectivity index (χ3v) is 3.94. The number of carbonyl (C=O) groups is 2. The molecule has 3 unspecified atom stereocenters. The molecule has 23 heavy (non-hydrogen) atoms. The highest BCUT2D eigenvalue weighted by Crippen LogP contribution is 2.48. The Morgan fingerprint density at radius 3 is 2.74 bits per heavy atom. The monoisotopic (exact) mass is 327 g/mol. The van der Waals surface area contributed by atoms with E-state index in [1.54, 1.807) is 6.92 Å². The molecular weight excluding hydrogens is 308 g/mol.